The summed E-state index contributed by atoms with van der Waals surface area (Å²) in [6.45, 7) is -1.01. The van der Waals surface area contributed by atoms with E-state index in [0.29, 0.717) is 0 Å². The summed E-state index contributed by atoms with van der Waals surface area (Å²) in [6, 6.07) is 8.82. The number of carbonyl (C=O) groups is 1. The number of fused-ring (bicyclic) bond motifs is 1. The minimum Gasteiger partial charge on any atom is -0.417 e. The summed E-state index contributed by atoms with van der Waals surface area (Å²) in [5.41, 5.74) is 0.889. The van der Waals surface area contributed by atoms with Gasteiger partial charge in [0.05, 0.1) is 5.69 Å². The average molecular weight is 339 g/mol. The number of rotatable bonds is 3. The Morgan fingerprint density at radius 3 is 2.91 bits per heavy atom. The van der Waals surface area contributed by atoms with Crippen molar-refractivity contribution in [1.82, 2.24) is 9.78 Å². The van der Waals surface area contributed by atoms with E-state index in [9.17, 15) is 13.6 Å². The van der Waals surface area contributed by atoms with Gasteiger partial charge in [-0.05, 0) is 19.1 Å². The van der Waals surface area contributed by atoms with Gasteiger partial charge in [-0.1, -0.05) is 12.1 Å². The van der Waals surface area contributed by atoms with E-state index in [-0.39, 0.29) is 23.5 Å². The maximum atomic E-state index is 12.8. The van der Waals surface area contributed by atoms with Gasteiger partial charge in [0.2, 0.25) is 5.88 Å². The molecule has 23 heavy (non-hydrogen) atoms. The van der Waals surface area contributed by atoms with Gasteiger partial charge in [-0.2, -0.15) is 13.9 Å². The number of ether oxygens (including phenoxy) is 1. The standard InChI is InChI=1S/C15H15F2N3O2S/c1-9-8-23-12-6-4-3-5-11(12)20(9)14(21)10-7-13(19(2)18-10)22-15(16)17/h3-7,9,15H,8H2,1-2H3/t9-/m1/s1. The van der Waals surface area contributed by atoms with E-state index >= 15 is 0 Å². The molecule has 1 amide bonds. The lowest BCUT2D eigenvalue weighted by molar-refractivity contribution is -0.0553. The van der Waals surface area contributed by atoms with E-state index in [4.69, 9.17) is 0 Å². The number of alkyl halides is 2. The molecule has 0 unspecified atom stereocenters. The number of thioether (sulfide) groups is 1. The molecule has 5 nitrogen and oxygen atoms in total. The normalized spacial score (nSPS) is 17.3. The molecule has 1 aromatic carbocycles. The molecule has 0 aliphatic carbocycles. The highest BCUT2D eigenvalue weighted by atomic mass is 32.2. The minimum absolute atomic E-state index is 0.0242. The first kappa shape index (κ1) is 15.8. The van der Waals surface area contributed by atoms with Crippen LogP contribution in [0.2, 0.25) is 0 Å². The van der Waals surface area contributed by atoms with Crippen molar-refractivity contribution in [2.24, 2.45) is 7.05 Å². The number of aromatic nitrogens is 2. The van der Waals surface area contributed by atoms with Gasteiger partial charge in [0.25, 0.3) is 5.91 Å². The van der Waals surface area contributed by atoms with Crippen LogP contribution >= 0.6 is 11.8 Å². The largest absolute Gasteiger partial charge is 0.417 e. The Morgan fingerprint density at radius 2 is 2.17 bits per heavy atom. The van der Waals surface area contributed by atoms with Gasteiger partial charge in [-0.15, -0.1) is 11.8 Å². The Balaban J connectivity index is 1.94. The van der Waals surface area contributed by atoms with Crippen molar-refractivity contribution < 1.29 is 18.3 Å². The van der Waals surface area contributed by atoms with Crippen molar-refractivity contribution in [3.05, 3.63) is 36.0 Å². The van der Waals surface area contributed by atoms with Gasteiger partial charge in [-0.3, -0.25) is 4.79 Å². The second-order valence-electron chi connectivity index (χ2n) is 5.17. The van der Waals surface area contributed by atoms with Crippen LogP contribution in [0.25, 0.3) is 0 Å². The molecule has 8 heteroatoms. The first-order valence-corrected chi connectivity index (χ1v) is 8.00. The third kappa shape index (κ3) is 3.03. The third-order valence-electron chi connectivity index (χ3n) is 3.53. The predicted molar refractivity (Wildman–Crippen MR) is 83.3 cm³/mol. The number of anilines is 1. The SMILES string of the molecule is C[C@@H]1CSc2ccccc2N1C(=O)c1cc(OC(F)F)n(C)n1. The number of benzene rings is 1. The quantitative estimate of drug-likeness (QED) is 0.862. The zero-order valence-electron chi connectivity index (χ0n) is 12.6. The van der Waals surface area contributed by atoms with Gasteiger partial charge >= 0.3 is 6.61 Å². The summed E-state index contributed by atoms with van der Waals surface area (Å²) in [6.07, 6.45) is 0. The van der Waals surface area contributed by atoms with E-state index in [0.717, 1.165) is 21.0 Å². The lowest BCUT2D eigenvalue weighted by Gasteiger charge is -2.34. The second kappa shape index (κ2) is 6.19. The highest BCUT2D eigenvalue weighted by Gasteiger charge is 2.31. The molecule has 2 heterocycles. The van der Waals surface area contributed by atoms with Crippen LogP contribution in [0.4, 0.5) is 14.5 Å². The molecule has 1 aliphatic rings. The maximum absolute atomic E-state index is 12.8. The number of hydrogen-bond acceptors (Lipinski definition) is 4. The second-order valence-corrected chi connectivity index (χ2v) is 6.23. The number of aryl methyl sites for hydroxylation is 1. The van der Waals surface area contributed by atoms with Crippen molar-refractivity contribution >= 4 is 23.4 Å². The van der Waals surface area contributed by atoms with E-state index in [2.05, 4.69) is 9.84 Å². The summed E-state index contributed by atoms with van der Waals surface area (Å²) in [7, 11) is 1.46. The molecule has 0 N–H and O–H groups in total. The lowest BCUT2D eigenvalue weighted by atomic mass is 10.2. The molecule has 122 valence electrons. The summed E-state index contributed by atoms with van der Waals surface area (Å²) in [4.78, 5) is 15.5. The lowest BCUT2D eigenvalue weighted by Crippen LogP contribution is -2.42. The predicted octanol–water partition coefficient (Wildman–Crippen LogP) is 3.16. The Morgan fingerprint density at radius 1 is 1.43 bits per heavy atom. The van der Waals surface area contributed by atoms with Crippen LogP contribution in [-0.4, -0.2) is 34.1 Å². The summed E-state index contributed by atoms with van der Waals surface area (Å²) >= 11 is 1.69. The summed E-state index contributed by atoms with van der Waals surface area (Å²) in [5.74, 6) is 0.288. The molecule has 1 aliphatic heterocycles. The van der Waals surface area contributed by atoms with Crippen molar-refractivity contribution in [2.45, 2.75) is 24.5 Å². The van der Waals surface area contributed by atoms with Crippen LogP contribution in [-0.2, 0) is 7.05 Å². The maximum Gasteiger partial charge on any atom is 0.388 e. The topological polar surface area (TPSA) is 47.4 Å². The Kier molecular flexibility index (Phi) is 4.25. The van der Waals surface area contributed by atoms with Gasteiger partial charge in [0.1, 0.15) is 0 Å². The van der Waals surface area contributed by atoms with Crippen LogP contribution in [0.3, 0.4) is 0 Å². The van der Waals surface area contributed by atoms with Gasteiger partial charge in [-0.25, -0.2) is 4.68 Å². The fraction of sp³-hybridized carbons (Fsp3) is 0.333. The molecule has 1 atom stereocenters. The first-order chi connectivity index (χ1) is 11.0. The number of hydrogen-bond donors (Lipinski definition) is 0. The fourth-order valence-corrected chi connectivity index (χ4v) is 3.55. The third-order valence-corrected chi connectivity index (χ3v) is 4.84. The smallest absolute Gasteiger partial charge is 0.388 e. The fourth-order valence-electron chi connectivity index (χ4n) is 2.49. The number of amides is 1. The molecule has 0 radical (unpaired) electrons. The monoisotopic (exact) mass is 339 g/mol. The van der Waals surface area contributed by atoms with Crippen LogP contribution in [0, 0.1) is 0 Å². The van der Waals surface area contributed by atoms with Crippen molar-refractivity contribution in [2.75, 3.05) is 10.7 Å². The molecule has 0 fully saturated rings. The Labute approximate surface area is 136 Å². The minimum atomic E-state index is -2.96. The number of para-hydroxylation sites is 1. The van der Waals surface area contributed by atoms with Gasteiger partial charge in [0, 0.05) is 29.8 Å². The Hall–Kier alpha value is -2.09. The molecular formula is C15H15F2N3O2S. The number of nitrogens with zero attached hydrogens (tertiary/aromatic N) is 3. The van der Waals surface area contributed by atoms with Crippen molar-refractivity contribution in [3.8, 4) is 5.88 Å². The highest BCUT2D eigenvalue weighted by molar-refractivity contribution is 7.99. The summed E-state index contributed by atoms with van der Waals surface area (Å²) in [5, 5.41) is 4.01. The van der Waals surface area contributed by atoms with Crippen LogP contribution in [0.15, 0.2) is 35.2 Å². The number of carbonyl (C=O) groups excluding carboxylic acids is 1. The van der Waals surface area contributed by atoms with Crippen LogP contribution in [0.5, 0.6) is 5.88 Å². The average Bonchev–Trinajstić information content (AvgIpc) is 2.87. The van der Waals surface area contributed by atoms with E-state index in [1.807, 2.05) is 31.2 Å². The van der Waals surface area contributed by atoms with E-state index in [1.165, 1.54) is 13.1 Å². The molecule has 1 aromatic heterocycles. The first-order valence-electron chi connectivity index (χ1n) is 7.01. The number of halogens is 2. The highest BCUT2D eigenvalue weighted by Crippen LogP contribution is 2.38. The van der Waals surface area contributed by atoms with E-state index < -0.39 is 6.61 Å². The zero-order chi connectivity index (χ0) is 16.6. The molecule has 0 saturated carbocycles. The van der Waals surface area contributed by atoms with Gasteiger partial charge in [0.15, 0.2) is 5.69 Å². The van der Waals surface area contributed by atoms with Crippen LogP contribution < -0.4 is 9.64 Å². The molecule has 3 rings (SSSR count). The molecular weight excluding hydrogens is 324 g/mol. The molecule has 2 aromatic rings. The summed E-state index contributed by atoms with van der Waals surface area (Å²) < 4.78 is 30.2. The van der Waals surface area contributed by atoms with Gasteiger partial charge < -0.3 is 9.64 Å². The van der Waals surface area contributed by atoms with E-state index in [1.54, 1.807) is 16.7 Å². The molecule has 0 saturated heterocycles. The zero-order valence-corrected chi connectivity index (χ0v) is 13.4. The van der Waals surface area contributed by atoms with Crippen molar-refractivity contribution in [1.29, 1.82) is 0 Å². The van der Waals surface area contributed by atoms with Crippen molar-refractivity contribution in [3.63, 3.8) is 0 Å². The molecule has 0 bridgehead atoms. The van der Waals surface area contributed by atoms with Crippen LogP contribution in [0.1, 0.15) is 17.4 Å². The molecule has 0 spiro atoms. The Bertz CT molecular complexity index is 735.